The molecule has 0 heterocycles. The van der Waals surface area contributed by atoms with E-state index in [1.165, 1.54) is 0 Å². The van der Waals surface area contributed by atoms with E-state index in [0.717, 1.165) is 16.7 Å². The van der Waals surface area contributed by atoms with Gasteiger partial charge < -0.3 is 4.90 Å². The molecular formula is C21H22N2O2. The predicted octanol–water partition coefficient (Wildman–Crippen LogP) is 3.80. The largest absolute Gasteiger partial charge is 0.341 e. The molecule has 0 N–H and O–H groups in total. The SMILES string of the molecule is Cc1ccc(C)c(C(=O)CCC(=O)N(C)Cc2ccc(C#N)cc2)c1. The van der Waals surface area contributed by atoms with Gasteiger partial charge >= 0.3 is 0 Å². The summed E-state index contributed by atoms with van der Waals surface area (Å²) in [6, 6.07) is 15.0. The van der Waals surface area contributed by atoms with Gasteiger partial charge in [-0.15, -0.1) is 0 Å². The molecule has 4 nitrogen and oxygen atoms in total. The van der Waals surface area contributed by atoms with Crippen molar-refractivity contribution >= 4 is 11.7 Å². The van der Waals surface area contributed by atoms with Crippen molar-refractivity contribution in [1.82, 2.24) is 4.90 Å². The quantitative estimate of drug-likeness (QED) is 0.755. The molecule has 4 heteroatoms. The molecule has 1 amide bonds. The van der Waals surface area contributed by atoms with Crippen molar-refractivity contribution in [3.63, 3.8) is 0 Å². The zero-order valence-corrected chi connectivity index (χ0v) is 14.9. The molecule has 0 aliphatic carbocycles. The van der Waals surface area contributed by atoms with Crippen molar-refractivity contribution in [3.05, 3.63) is 70.3 Å². The minimum Gasteiger partial charge on any atom is -0.341 e. The molecule has 2 aromatic carbocycles. The van der Waals surface area contributed by atoms with E-state index < -0.39 is 0 Å². The Hall–Kier alpha value is -2.93. The number of nitriles is 1. The summed E-state index contributed by atoms with van der Waals surface area (Å²) in [5.74, 6) is -0.0654. The summed E-state index contributed by atoms with van der Waals surface area (Å²) >= 11 is 0. The highest BCUT2D eigenvalue weighted by Crippen LogP contribution is 2.15. The lowest BCUT2D eigenvalue weighted by molar-refractivity contribution is -0.130. The molecule has 2 aromatic rings. The van der Waals surface area contributed by atoms with Crippen LogP contribution in [0.15, 0.2) is 42.5 Å². The summed E-state index contributed by atoms with van der Waals surface area (Å²) in [6.45, 7) is 4.32. The van der Waals surface area contributed by atoms with Crippen LogP contribution in [0.1, 0.15) is 45.5 Å². The third-order valence-electron chi connectivity index (χ3n) is 4.19. The number of nitrogens with zero attached hydrogens (tertiary/aromatic N) is 2. The highest BCUT2D eigenvalue weighted by atomic mass is 16.2. The highest BCUT2D eigenvalue weighted by molar-refractivity contribution is 5.99. The maximum absolute atomic E-state index is 12.4. The van der Waals surface area contributed by atoms with Crippen LogP contribution >= 0.6 is 0 Å². The maximum Gasteiger partial charge on any atom is 0.223 e. The van der Waals surface area contributed by atoms with Crippen LogP contribution in [0.5, 0.6) is 0 Å². The summed E-state index contributed by atoms with van der Waals surface area (Å²) in [7, 11) is 1.73. The number of benzene rings is 2. The van der Waals surface area contributed by atoms with E-state index in [4.69, 9.17) is 5.26 Å². The first-order chi connectivity index (χ1) is 11.9. The average molecular weight is 334 g/mol. The summed E-state index contributed by atoms with van der Waals surface area (Å²) in [6.07, 6.45) is 0.403. The Kier molecular flexibility index (Phi) is 6.08. The summed E-state index contributed by atoms with van der Waals surface area (Å²) in [5.41, 5.74) is 4.22. The third kappa shape index (κ3) is 5.02. The zero-order valence-electron chi connectivity index (χ0n) is 14.9. The van der Waals surface area contributed by atoms with Crippen LogP contribution in [0.4, 0.5) is 0 Å². The van der Waals surface area contributed by atoms with Gasteiger partial charge in [0.25, 0.3) is 0 Å². The molecule has 0 atom stereocenters. The second kappa shape index (κ2) is 8.25. The number of Topliss-reactive ketones (excluding diaryl/α,β-unsaturated/α-hetero) is 1. The monoisotopic (exact) mass is 334 g/mol. The molecule has 0 aliphatic heterocycles. The molecule has 0 aromatic heterocycles. The van der Waals surface area contributed by atoms with Crippen molar-refractivity contribution in [2.24, 2.45) is 0 Å². The van der Waals surface area contributed by atoms with Gasteiger partial charge in [0.15, 0.2) is 5.78 Å². The van der Waals surface area contributed by atoms with Crippen LogP contribution in [0.2, 0.25) is 0 Å². The van der Waals surface area contributed by atoms with E-state index in [1.54, 1.807) is 24.1 Å². The maximum atomic E-state index is 12.4. The number of amides is 1. The van der Waals surface area contributed by atoms with Gasteiger partial charge in [0.1, 0.15) is 0 Å². The van der Waals surface area contributed by atoms with E-state index in [9.17, 15) is 9.59 Å². The van der Waals surface area contributed by atoms with E-state index in [2.05, 4.69) is 6.07 Å². The van der Waals surface area contributed by atoms with Gasteiger partial charge in [0.2, 0.25) is 5.91 Å². The van der Waals surface area contributed by atoms with Crippen molar-refractivity contribution in [1.29, 1.82) is 5.26 Å². The van der Waals surface area contributed by atoms with Crippen LogP contribution in [0.3, 0.4) is 0 Å². The first-order valence-corrected chi connectivity index (χ1v) is 8.24. The number of hydrogen-bond acceptors (Lipinski definition) is 3. The summed E-state index contributed by atoms with van der Waals surface area (Å²) in [5, 5.41) is 8.80. The summed E-state index contributed by atoms with van der Waals surface area (Å²) in [4.78, 5) is 26.3. The Labute approximate surface area is 148 Å². The lowest BCUT2D eigenvalue weighted by Gasteiger charge is -2.17. The normalized spacial score (nSPS) is 10.2. The molecule has 128 valence electrons. The Balaban J connectivity index is 1.91. The Bertz CT molecular complexity index is 817. The van der Waals surface area contributed by atoms with Crippen LogP contribution in [-0.2, 0) is 11.3 Å². The Morgan fingerprint density at radius 2 is 1.72 bits per heavy atom. The highest BCUT2D eigenvalue weighted by Gasteiger charge is 2.14. The fraction of sp³-hybridized carbons (Fsp3) is 0.286. The van der Waals surface area contributed by atoms with Crippen molar-refractivity contribution < 1.29 is 9.59 Å². The minimum absolute atomic E-state index is 0.00123. The standard InChI is InChI=1S/C21H22N2O2/c1-15-4-5-16(2)19(12-15)20(24)10-11-21(25)23(3)14-18-8-6-17(13-22)7-9-18/h4-9,12H,10-11,14H2,1-3H3. The molecule has 0 spiro atoms. The third-order valence-corrected chi connectivity index (χ3v) is 4.19. The molecule has 0 fully saturated rings. The van der Waals surface area contributed by atoms with Crippen LogP contribution in [-0.4, -0.2) is 23.6 Å². The first kappa shape index (κ1) is 18.4. The Morgan fingerprint density at radius 1 is 1.04 bits per heavy atom. The lowest BCUT2D eigenvalue weighted by atomic mass is 9.99. The minimum atomic E-state index is -0.0667. The van der Waals surface area contributed by atoms with Gasteiger partial charge in [-0.05, 0) is 43.2 Å². The van der Waals surface area contributed by atoms with E-state index in [0.29, 0.717) is 17.7 Å². The molecule has 0 saturated heterocycles. The molecule has 0 saturated carbocycles. The summed E-state index contributed by atoms with van der Waals surface area (Å²) < 4.78 is 0. The van der Waals surface area contributed by atoms with Gasteiger partial charge in [-0.25, -0.2) is 0 Å². The molecule has 2 rings (SSSR count). The van der Waals surface area contributed by atoms with E-state index in [-0.39, 0.29) is 24.5 Å². The molecule has 25 heavy (non-hydrogen) atoms. The molecule has 0 radical (unpaired) electrons. The number of ketones is 1. The second-order valence-corrected chi connectivity index (χ2v) is 6.30. The first-order valence-electron chi connectivity index (χ1n) is 8.24. The van der Waals surface area contributed by atoms with Crippen molar-refractivity contribution in [2.45, 2.75) is 33.2 Å². The molecule has 0 unspecified atom stereocenters. The number of carbonyl (C=O) groups excluding carboxylic acids is 2. The molecule has 0 aliphatic rings. The molecular weight excluding hydrogens is 312 g/mol. The lowest BCUT2D eigenvalue weighted by Crippen LogP contribution is -2.26. The fourth-order valence-corrected chi connectivity index (χ4v) is 2.63. The van der Waals surface area contributed by atoms with Gasteiger partial charge in [0.05, 0.1) is 11.6 Å². The number of carbonyl (C=O) groups is 2. The smallest absolute Gasteiger partial charge is 0.223 e. The number of aryl methyl sites for hydroxylation is 2. The zero-order chi connectivity index (χ0) is 18.4. The van der Waals surface area contributed by atoms with Gasteiger partial charge in [-0.1, -0.05) is 29.8 Å². The van der Waals surface area contributed by atoms with Gasteiger partial charge in [0, 0.05) is 32.0 Å². The number of hydrogen-bond donors (Lipinski definition) is 0. The topological polar surface area (TPSA) is 61.2 Å². The predicted molar refractivity (Wildman–Crippen MR) is 97.1 cm³/mol. The average Bonchev–Trinajstić information content (AvgIpc) is 2.62. The van der Waals surface area contributed by atoms with Crippen LogP contribution < -0.4 is 0 Å². The Morgan fingerprint density at radius 3 is 2.36 bits per heavy atom. The van der Waals surface area contributed by atoms with Crippen molar-refractivity contribution in [2.75, 3.05) is 7.05 Å². The number of rotatable bonds is 6. The van der Waals surface area contributed by atoms with Gasteiger partial charge in [-0.2, -0.15) is 5.26 Å². The van der Waals surface area contributed by atoms with E-state index in [1.807, 2.05) is 44.2 Å². The van der Waals surface area contributed by atoms with E-state index >= 15 is 0 Å². The van der Waals surface area contributed by atoms with Gasteiger partial charge in [-0.3, -0.25) is 9.59 Å². The second-order valence-electron chi connectivity index (χ2n) is 6.30. The molecule has 0 bridgehead atoms. The van der Waals surface area contributed by atoms with Crippen LogP contribution in [0, 0.1) is 25.2 Å². The fourth-order valence-electron chi connectivity index (χ4n) is 2.63. The van der Waals surface area contributed by atoms with Crippen LogP contribution in [0.25, 0.3) is 0 Å². The van der Waals surface area contributed by atoms with Crippen molar-refractivity contribution in [3.8, 4) is 6.07 Å².